The summed E-state index contributed by atoms with van der Waals surface area (Å²) >= 11 is 0. The smallest absolute Gasteiger partial charge is 0.109 e. The first-order valence-corrected chi connectivity index (χ1v) is 3.96. The maximum absolute atomic E-state index is 9.63. The number of aliphatic hydroxyl groups is 2. The van der Waals surface area contributed by atoms with E-state index in [1.54, 1.807) is 6.92 Å². The highest BCUT2D eigenvalue weighted by molar-refractivity contribution is 6.11. The fourth-order valence-corrected chi connectivity index (χ4v) is 1.39. The monoisotopic (exact) mass is 171 g/mol. The first-order valence-electron chi connectivity index (χ1n) is 3.96. The van der Waals surface area contributed by atoms with E-state index >= 15 is 0 Å². The second-order valence-electron chi connectivity index (χ2n) is 3.43. The van der Waals surface area contributed by atoms with E-state index in [1.165, 1.54) is 0 Å². The van der Waals surface area contributed by atoms with E-state index in [1.807, 2.05) is 0 Å². The third kappa shape index (κ3) is 1.27. The van der Waals surface area contributed by atoms with Gasteiger partial charge in [0, 0.05) is 18.0 Å². The summed E-state index contributed by atoms with van der Waals surface area (Å²) in [5.74, 6) is 0. The van der Waals surface area contributed by atoms with Crippen molar-refractivity contribution in [2.24, 2.45) is 11.1 Å². The van der Waals surface area contributed by atoms with Crippen LogP contribution in [0.5, 0.6) is 0 Å². The molecule has 1 rings (SSSR count). The molecule has 2 radical (unpaired) electrons. The van der Waals surface area contributed by atoms with E-state index in [2.05, 4.69) is 0 Å². The Morgan fingerprint density at radius 3 is 2.50 bits per heavy atom. The SMILES string of the molecule is [B]C1OC(CO)C(O)C1(C)CN. The second kappa shape index (κ2) is 3.34. The first kappa shape index (κ1) is 9.99. The first-order chi connectivity index (χ1) is 5.56. The number of aliphatic hydroxyl groups excluding tert-OH is 2. The number of nitrogens with two attached hydrogens (primary N) is 1. The van der Waals surface area contributed by atoms with Gasteiger partial charge >= 0.3 is 0 Å². The molecule has 4 nitrogen and oxygen atoms in total. The van der Waals surface area contributed by atoms with Crippen LogP contribution < -0.4 is 5.73 Å². The molecule has 4 unspecified atom stereocenters. The number of ether oxygens (including phenoxy) is 1. The zero-order valence-corrected chi connectivity index (χ0v) is 7.10. The van der Waals surface area contributed by atoms with Crippen molar-refractivity contribution in [3.63, 3.8) is 0 Å². The molecule has 0 aromatic heterocycles. The summed E-state index contributed by atoms with van der Waals surface area (Å²) in [6, 6.07) is -0.602. The molecule has 0 bridgehead atoms. The Balaban J connectivity index is 2.76. The molecule has 0 spiro atoms. The predicted molar refractivity (Wildman–Crippen MR) is 44.7 cm³/mol. The summed E-state index contributed by atoms with van der Waals surface area (Å²) in [5.41, 5.74) is 4.82. The fourth-order valence-electron chi connectivity index (χ4n) is 1.39. The lowest BCUT2D eigenvalue weighted by molar-refractivity contribution is -0.00751. The zero-order valence-electron chi connectivity index (χ0n) is 7.10. The number of hydrogen-bond donors (Lipinski definition) is 3. The summed E-state index contributed by atoms with van der Waals surface area (Å²) in [6.45, 7) is 1.76. The van der Waals surface area contributed by atoms with E-state index in [-0.39, 0.29) is 13.2 Å². The average Bonchev–Trinajstić information content (AvgIpc) is 2.30. The van der Waals surface area contributed by atoms with Gasteiger partial charge in [-0.2, -0.15) is 0 Å². The van der Waals surface area contributed by atoms with Gasteiger partial charge in [-0.15, -0.1) is 0 Å². The zero-order chi connectivity index (χ0) is 9.35. The quantitative estimate of drug-likeness (QED) is 0.428. The highest BCUT2D eigenvalue weighted by Crippen LogP contribution is 2.35. The molecular formula is C7H14BNO3. The van der Waals surface area contributed by atoms with E-state index in [9.17, 15) is 5.11 Å². The van der Waals surface area contributed by atoms with Crippen LogP contribution in [0.4, 0.5) is 0 Å². The van der Waals surface area contributed by atoms with Crippen molar-refractivity contribution in [2.45, 2.75) is 25.1 Å². The third-order valence-electron chi connectivity index (χ3n) is 2.62. The van der Waals surface area contributed by atoms with E-state index in [0.717, 1.165) is 0 Å². The van der Waals surface area contributed by atoms with Crippen LogP contribution in [0.15, 0.2) is 0 Å². The maximum Gasteiger partial charge on any atom is 0.109 e. The topological polar surface area (TPSA) is 75.7 Å². The summed E-state index contributed by atoms with van der Waals surface area (Å²) in [7, 11) is 5.61. The summed E-state index contributed by atoms with van der Waals surface area (Å²) < 4.78 is 5.13. The molecule has 0 amide bonds. The summed E-state index contributed by atoms with van der Waals surface area (Å²) in [5, 5.41) is 18.4. The fraction of sp³-hybridized carbons (Fsp3) is 1.00. The van der Waals surface area contributed by atoms with E-state index in [4.69, 9.17) is 23.4 Å². The lowest BCUT2D eigenvalue weighted by Gasteiger charge is -2.29. The summed E-state index contributed by atoms with van der Waals surface area (Å²) in [6.07, 6.45) is -1.39. The van der Waals surface area contributed by atoms with Crippen LogP contribution in [0.25, 0.3) is 0 Å². The van der Waals surface area contributed by atoms with Gasteiger partial charge in [0.1, 0.15) is 14.0 Å². The van der Waals surface area contributed by atoms with Crippen LogP contribution in [0, 0.1) is 5.41 Å². The van der Waals surface area contributed by atoms with Crippen molar-refractivity contribution in [1.82, 2.24) is 0 Å². The van der Waals surface area contributed by atoms with E-state index < -0.39 is 23.6 Å². The minimum absolute atomic E-state index is 0.232. The molecule has 0 aromatic rings. The van der Waals surface area contributed by atoms with Gasteiger partial charge < -0.3 is 20.7 Å². The van der Waals surface area contributed by atoms with Crippen LogP contribution in [0.3, 0.4) is 0 Å². The normalized spacial score (nSPS) is 48.2. The number of hydrogen-bond acceptors (Lipinski definition) is 4. The molecule has 1 saturated heterocycles. The Morgan fingerprint density at radius 2 is 2.25 bits per heavy atom. The van der Waals surface area contributed by atoms with Crippen LogP contribution in [0.2, 0.25) is 0 Å². The Kier molecular flexibility index (Phi) is 2.78. The van der Waals surface area contributed by atoms with Crippen LogP contribution in [0.1, 0.15) is 6.92 Å². The van der Waals surface area contributed by atoms with Gasteiger partial charge in [-0.1, -0.05) is 6.92 Å². The summed E-state index contributed by atoms with van der Waals surface area (Å²) in [4.78, 5) is 0. The predicted octanol–water partition coefficient (Wildman–Crippen LogP) is -1.80. The van der Waals surface area contributed by atoms with Gasteiger partial charge in [-0.05, 0) is 0 Å². The molecule has 4 atom stereocenters. The Bertz CT molecular complexity index is 169. The van der Waals surface area contributed by atoms with Gasteiger partial charge in [-0.25, -0.2) is 0 Å². The standard InChI is InChI=1S/C7H14BNO3/c1-7(3-9)5(11)4(2-10)12-6(7)8/h4-6,10-11H,2-3,9H2,1H3. The molecule has 1 heterocycles. The molecular weight excluding hydrogens is 157 g/mol. The number of rotatable bonds is 2. The Labute approximate surface area is 73.1 Å². The minimum atomic E-state index is -0.789. The van der Waals surface area contributed by atoms with Gasteiger partial charge in [0.15, 0.2) is 0 Å². The molecule has 5 heteroatoms. The van der Waals surface area contributed by atoms with Crippen molar-refractivity contribution in [1.29, 1.82) is 0 Å². The molecule has 0 aromatic carbocycles. The molecule has 0 saturated carbocycles. The van der Waals surface area contributed by atoms with Crippen molar-refractivity contribution in [3.8, 4) is 0 Å². The molecule has 1 fully saturated rings. The lowest BCUT2D eigenvalue weighted by atomic mass is 9.71. The molecule has 12 heavy (non-hydrogen) atoms. The second-order valence-corrected chi connectivity index (χ2v) is 3.43. The lowest BCUT2D eigenvalue weighted by Crippen LogP contribution is -2.45. The van der Waals surface area contributed by atoms with Gasteiger partial charge in [-0.3, -0.25) is 0 Å². The Hall–Kier alpha value is -0.0951. The molecule has 4 N–H and O–H groups in total. The maximum atomic E-state index is 9.63. The van der Waals surface area contributed by atoms with E-state index in [0.29, 0.717) is 0 Å². The van der Waals surface area contributed by atoms with Crippen LogP contribution in [-0.2, 0) is 4.74 Å². The molecule has 1 aliphatic rings. The van der Waals surface area contributed by atoms with Gasteiger partial charge in [0.2, 0.25) is 0 Å². The molecule has 68 valence electrons. The molecule has 1 aliphatic heterocycles. The highest BCUT2D eigenvalue weighted by atomic mass is 16.5. The van der Waals surface area contributed by atoms with Crippen molar-refractivity contribution >= 4 is 7.85 Å². The highest BCUT2D eigenvalue weighted by Gasteiger charge is 2.48. The molecule has 0 aliphatic carbocycles. The third-order valence-corrected chi connectivity index (χ3v) is 2.62. The average molecular weight is 171 g/mol. The van der Waals surface area contributed by atoms with Crippen molar-refractivity contribution in [3.05, 3.63) is 0 Å². The largest absolute Gasteiger partial charge is 0.394 e. The van der Waals surface area contributed by atoms with Crippen LogP contribution in [-0.4, -0.2) is 49.4 Å². The van der Waals surface area contributed by atoms with Crippen molar-refractivity contribution in [2.75, 3.05) is 13.2 Å². The van der Waals surface area contributed by atoms with Crippen LogP contribution >= 0.6 is 0 Å². The van der Waals surface area contributed by atoms with Gasteiger partial charge in [0.25, 0.3) is 0 Å². The minimum Gasteiger partial charge on any atom is -0.394 e. The van der Waals surface area contributed by atoms with Crippen molar-refractivity contribution < 1.29 is 14.9 Å². The Morgan fingerprint density at radius 1 is 1.67 bits per heavy atom. The van der Waals surface area contributed by atoms with Gasteiger partial charge in [0.05, 0.1) is 12.7 Å².